The number of carboxylic acid groups (broad SMARTS) is 1. The molecule has 2 N–H and O–H groups in total. The third-order valence-electron chi connectivity index (χ3n) is 2.56. The van der Waals surface area contributed by atoms with Gasteiger partial charge in [0.05, 0.1) is 0 Å². The van der Waals surface area contributed by atoms with E-state index in [-0.39, 0.29) is 0 Å². The zero-order chi connectivity index (χ0) is 13.7. The van der Waals surface area contributed by atoms with Crippen LogP contribution in [0.1, 0.15) is 13.3 Å². The highest BCUT2D eigenvalue weighted by Crippen LogP contribution is 2.10. The van der Waals surface area contributed by atoms with Crippen LogP contribution in [-0.4, -0.2) is 35.1 Å². The molecule has 98 valence electrons. The molecule has 1 rings (SSSR count). The van der Waals surface area contributed by atoms with Gasteiger partial charge in [0.25, 0.3) is 0 Å². The predicted octanol–water partition coefficient (Wildman–Crippen LogP) is 2.15. The molecule has 0 saturated carbocycles. The van der Waals surface area contributed by atoms with E-state index in [4.69, 9.17) is 5.11 Å². The minimum Gasteiger partial charge on any atom is -0.480 e. The molecule has 0 aromatic heterocycles. The van der Waals surface area contributed by atoms with Gasteiger partial charge < -0.3 is 15.3 Å². The Labute approximate surface area is 104 Å². The number of carbonyl (C=O) groups is 2. The lowest BCUT2D eigenvalue weighted by Gasteiger charge is -2.23. The second-order valence-electron chi connectivity index (χ2n) is 3.81. The highest BCUT2D eigenvalue weighted by atomic mass is 19.1. The maximum Gasteiger partial charge on any atom is 0.326 e. The number of halogens is 1. The SMILES string of the molecule is CCC(C(=O)O)N(C)C(=O)Nc1ccc(F)cc1. The minimum absolute atomic E-state index is 0.308. The van der Waals surface area contributed by atoms with Crippen molar-refractivity contribution < 1.29 is 19.1 Å². The Morgan fingerprint density at radius 1 is 1.39 bits per heavy atom. The van der Waals surface area contributed by atoms with Crippen LogP contribution in [0.15, 0.2) is 24.3 Å². The molecule has 0 aliphatic heterocycles. The minimum atomic E-state index is -1.06. The lowest BCUT2D eigenvalue weighted by atomic mass is 10.2. The molecule has 2 amide bonds. The van der Waals surface area contributed by atoms with Crippen LogP contribution in [0.2, 0.25) is 0 Å². The normalized spacial score (nSPS) is 11.7. The quantitative estimate of drug-likeness (QED) is 0.865. The molecule has 0 bridgehead atoms. The second-order valence-corrected chi connectivity index (χ2v) is 3.81. The van der Waals surface area contributed by atoms with E-state index >= 15 is 0 Å². The molecule has 0 heterocycles. The molecule has 0 spiro atoms. The van der Waals surface area contributed by atoms with Crippen LogP contribution >= 0.6 is 0 Å². The zero-order valence-electron chi connectivity index (χ0n) is 10.2. The summed E-state index contributed by atoms with van der Waals surface area (Å²) in [4.78, 5) is 23.8. The number of benzene rings is 1. The summed E-state index contributed by atoms with van der Waals surface area (Å²) in [5, 5.41) is 11.4. The fourth-order valence-corrected chi connectivity index (χ4v) is 1.50. The number of nitrogens with zero attached hydrogens (tertiary/aromatic N) is 1. The molecular weight excluding hydrogens is 239 g/mol. The largest absolute Gasteiger partial charge is 0.480 e. The number of anilines is 1. The maximum absolute atomic E-state index is 12.7. The molecule has 0 aliphatic rings. The first kappa shape index (κ1) is 14.0. The molecule has 6 heteroatoms. The molecule has 18 heavy (non-hydrogen) atoms. The predicted molar refractivity (Wildman–Crippen MR) is 64.9 cm³/mol. The topological polar surface area (TPSA) is 69.6 Å². The number of rotatable bonds is 4. The van der Waals surface area contributed by atoms with Crippen molar-refractivity contribution in [2.24, 2.45) is 0 Å². The Kier molecular flexibility index (Phi) is 4.65. The maximum atomic E-state index is 12.7. The zero-order valence-corrected chi connectivity index (χ0v) is 10.2. The number of likely N-dealkylation sites (N-methyl/N-ethyl adjacent to an activating group) is 1. The summed E-state index contributed by atoms with van der Waals surface area (Å²) >= 11 is 0. The van der Waals surface area contributed by atoms with Gasteiger partial charge in [0, 0.05) is 12.7 Å². The number of nitrogens with one attached hydrogen (secondary N) is 1. The number of carbonyl (C=O) groups excluding carboxylic acids is 1. The Morgan fingerprint density at radius 2 is 1.94 bits per heavy atom. The van der Waals surface area contributed by atoms with Gasteiger partial charge in [-0.3, -0.25) is 0 Å². The monoisotopic (exact) mass is 254 g/mol. The van der Waals surface area contributed by atoms with E-state index in [0.29, 0.717) is 12.1 Å². The van der Waals surface area contributed by atoms with Gasteiger partial charge >= 0.3 is 12.0 Å². The third-order valence-corrected chi connectivity index (χ3v) is 2.56. The average Bonchev–Trinajstić information content (AvgIpc) is 2.32. The highest BCUT2D eigenvalue weighted by Gasteiger charge is 2.24. The van der Waals surface area contributed by atoms with Crippen LogP contribution in [0.5, 0.6) is 0 Å². The van der Waals surface area contributed by atoms with Gasteiger partial charge in [-0.15, -0.1) is 0 Å². The van der Waals surface area contributed by atoms with Crippen LogP contribution in [0.3, 0.4) is 0 Å². The van der Waals surface area contributed by atoms with E-state index in [2.05, 4.69) is 5.32 Å². The molecule has 5 nitrogen and oxygen atoms in total. The van der Waals surface area contributed by atoms with Crippen molar-refractivity contribution in [3.05, 3.63) is 30.1 Å². The Hall–Kier alpha value is -2.11. The van der Waals surface area contributed by atoms with E-state index in [1.807, 2.05) is 0 Å². The smallest absolute Gasteiger partial charge is 0.326 e. The summed E-state index contributed by atoms with van der Waals surface area (Å²) < 4.78 is 12.7. The van der Waals surface area contributed by atoms with E-state index in [1.165, 1.54) is 31.3 Å². The first-order valence-corrected chi connectivity index (χ1v) is 5.48. The summed E-state index contributed by atoms with van der Waals surface area (Å²) in [6, 6.07) is 3.81. The molecule has 0 aliphatic carbocycles. The molecule has 1 aromatic carbocycles. The van der Waals surface area contributed by atoms with Crippen molar-refractivity contribution in [1.29, 1.82) is 0 Å². The fourth-order valence-electron chi connectivity index (χ4n) is 1.50. The van der Waals surface area contributed by atoms with Crippen LogP contribution in [0.4, 0.5) is 14.9 Å². The van der Waals surface area contributed by atoms with Gasteiger partial charge in [0.1, 0.15) is 11.9 Å². The molecule has 1 atom stereocenters. The average molecular weight is 254 g/mol. The summed E-state index contributed by atoms with van der Waals surface area (Å²) in [7, 11) is 1.40. The van der Waals surface area contributed by atoms with Crippen LogP contribution < -0.4 is 5.32 Å². The standard InChI is InChI=1S/C12H15FN2O3/c1-3-10(11(16)17)15(2)12(18)14-9-6-4-8(13)5-7-9/h4-7,10H,3H2,1-2H3,(H,14,18)(H,16,17). The van der Waals surface area contributed by atoms with Crippen molar-refractivity contribution in [3.8, 4) is 0 Å². The van der Waals surface area contributed by atoms with Crippen molar-refractivity contribution in [3.63, 3.8) is 0 Å². The van der Waals surface area contributed by atoms with Gasteiger partial charge in [-0.1, -0.05) is 6.92 Å². The number of amides is 2. The van der Waals surface area contributed by atoms with E-state index in [1.54, 1.807) is 6.92 Å². The van der Waals surface area contributed by atoms with Gasteiger partial charge in [0.15, 0.2) is 0 Å². The first-order valence-electron chi connectivity index (χ1n) is 5.48. The number of urea groups is 1. The third kappa shape index (κ3) is 3.44. The molecular formula is C12H15FN2O3. The number of carboxylic acids is 1. The second kappa shape index (κ2) is 6.00. The van der Waals surface area contributed by atoms with E-state index in [0.717, 1.165) is 4.90 Å². The lowest BCUT2D eigenvalue weighted by Crippen LogP contribution is -2.44. The number of hydrogen-bond donors (Lipinski definition) is 2. The van der Waals surface area contributed by atoms with Crippen molar-refractivity contribution >= 4 is 17.7 Å². The van der Waals surface area contributed by atoms with Crippen molar-refractivity contribution in [2.75, 3.05) is 12.4 Å². The summed E-state index contributed by atoms with van der Waals surface area (Å²) in [6.45, 7) is 1.68. The Balaban J connectivity index is 2.70. The van der Waals surface area contributed by atoms with Gasteiger partial charge in [-0.2, -0.15) is 0 Å². The summed E-state index contributed by atoms with van der Waals surface area (Å²) in [5.41, 5.74) is 0.411. The molecule has 1 aromatic rings. The van der Waals surface area contributed by atoms with Crippen LogP contribution in [0.25, 0.3) is 0 Å². The fraction of sp³-hybridized carbons (Fsp3) is 0.333. The van der Waals surface area contributed by atoms with Crippen LogP contribution in [-0.2, 0) is 4.79 Å². The Morgan fingerprint density at radius 3 is 2.39 bits per heavy atom. The van der Waals surface area contributed by atoms with Gasteiger partial charge in [0.2, 0.25) is 0 Å². The number of aliphatic carboxylic acids is 1. The van der Waals surface area contributed by atoms with Crippen LogP contribution in [0, 0.1) is 5.82 Å². The molecule has 0 radical (unpaired) electrons. The van der Waals surface area contributed by atoms with Crippen molar-refractivity contribution in [1.82, 2.24) is 4.90 Å². The van der Waals surface area contributed by atoms with Gasteiger partial charge in [-0.05, 0) is 30.7 Å². The van der Waals surface area contributed by atoms with Crippen molar-refractivity contribution in [2.45, 2.75) is 19.4 Å². The summed E-state index contributed by atoms with van der Waals surface area (Å²) in [6.07, 6.45) is 0.308. The Bertz CT molecular complexity index is 433. The molecule has 0 saturated heterocycles. The van der Waals surface area contributed by atoms with E-state index < -0.39 is 23.9 Å². The summed E-state index contributed by atoms with van der Waals surface area (Å²) in [5.74, 6) is -1.47. The molecule has 0 fully saturated rings. The first-order chi connectivity index (χ1) is 8.45. The molecule has 1 unspecified atom stereocenters. The van der Waals surface area contributed by atoms with Gasteiger partial charge in [-0.25, -0.2) is 14.0 Å². The highest BCUT2D eigenvalue weighted by molar-refractivity contribution is 5.92. The van der Waals surface area contributed by atoms with E-state index in [9.17, 15) is 14.0 Å². The lowest BCUT2D eigenvalue weighted by molar-refractivity contribution is -0.141. The number of hydrogen-bond acceptors (Lipinski definition) is 2.